The van der Waals surface area contributed by atoms with Crippen LogP contribution in [0.4, 0.5) is 0 Å². The predicted molar refractivity (Wildman–Crippen MR) is 115 cm³/mol. The van der Waals surface area contributed by atoms with E-state index in [-0.39, 0.29) is 36.7 Å². The van der Waals surface area contributed by atoms with E-state index >= 15 is 0 Å². The number of aryl methyl sites for hydroxylation is 1. The Morgan fingerprint density at radius 1 is 1.00 bits per heavy atom. The SMILES string of the molecule is CCc1ccc([C@H](CNC(=O)CCCN2C(=O)c3ccccc3C2=O)[NH+](C)C)cc1. The highest BCUT2D eigenvalue weighted by molar-refractivity contribution is 6.21. The molecule has 1 atom stereocenters. The Morgan fingerprint density at radius 3 is 2.13 bits per heavy atom. The molecule has 0 spiro atoms. The molecule has 30 heavy (non-hydrogen) atoms. The van der Waals surface area contributed by atoms with Crippen LogP contribution in [0.1, 0.15) is 57.7 Å². The van der Waals surface area contributed by atoms with Gasteiger partial charge in [-0.2, -0.15) is 0 Å². The third kappa shape index (κ3) is 4.76. The molecule has 3 rings (SSSR count). The predicted octanol–water partition coefficient (Wildman–Crippen LogP) is 1.63. The van der Waals surface area contributed by atoms with Gasteiger partial charge < -0.3 is 10.2 Å². The smallest absolute Gasteiger partial charge is 0.261 e. The highest BCUT2D eigenvalue weighted by Gasteiger charge is 2.34. The number of carbonyl (C=O) groups excluding carboxylic acids is 3. The molecule has 0 radical (unpaired) electrons. The summed E-state index contributed by atoms with van der Waals surface area (Å²) < 4.78 is 0. The first kappa shape index (κ1) is 21.7. The van der Waals surface area contributed by atoms with Crippen LogP contribution in [0.3, 0.4) is 0 Å². The Hall–Kier alpha value is -2.99. The van der Waals surface area contributed by atoms with Crippen molar-refractivity contribution in [3.05, 3.63) is 70.8 Å². The van der Waals surface area contributed by atoms with Crippen LogP contribution in [0.5, 0.6) is 0 Å². The van der Waals surface area contributed by atoms with Crippen molar-refractivity contribution in [1.29, 1.82) is 0 Å². The second-order valence-corrected chi connectivity index (χ2v) is 7.94. The molecule has 1 aliphatic rings. The minimum absolute atomic E-state index is 0.0666. The van der Waals surface area contributed by atoms with Gasteiger partial charge in [0, 0.05) is 18.5 Å². The summed E-state index contributed by atoms with van der Waals surface area (Å²) in [5.74, 6) is -0.617. The molecular formula is C24H30N3O3+. The molecule has 0 unspecified atom stereocenters. The van der Waals surface area contributed by atoms with Crippen molar-refractivity contribution >= 4 is 17.7 Å². The summed E-state index contributed by atoms with van der Waals surface area (Å²) in [7, 11) is 4.15. The first-order valence-electron chi connectivity index (χ1n) is 10.5. The van der Waals surface area contributed by atoms with Crippen LogP contribution in [-0.2, 0) is 11.2 Å². The van der Waals surface area contributed by atoms with Gasteiger partial charge in [-0.15, -0.1) is 0 Å². The fourth-order valence-electron chi connectivity index (χ4n) is 3.79. The molecule has 6 heteroatoms. The quantitative estimate of drug-likeness (QED) is 0.620. The van der Waals surface area contributed by atoms with E-state index in [4.69, 9.17) is 0 Å². The molecule has 0 aliphatic carbocycles. The van der Waals surface area contributed by atoms with Crippen molar-refractivity contribution in [3.8, 4) is 0 Å². The number of amides is 3. The maximum absolute atomic E-state index is 12.4. The van der Waals surface area contributed by atoms with Crippen molar-refractivity contribution in [3.63, 3.8) is 0 Å². The monoisotopic (exact) mass is 408 g/mol. The van der Waals surface area contributed by atoms with E-state index in [2.05, 4.69) is 50.6 Å². The number of hydrogen-bond donors (Lipinski definition) is 2. The molecule has 3 amide bonds. The van der Waals surface area contributed by atoms with Crippen LogP contribution in [0.2, 0.25) is 0 Å². The van der Waals surface area contributed by atoms with E-state index in [9.17, 15) is 14.4 Å². The third-order valence-corrected chi connectivity index (χ3v) is 5.65. The van der Waals surface area contributed by atoms with Crippen molar-refractivity contribution in [2.24, 2.45) is 0 Å². The normalized spacial score (nSPS) is 14.2. The van der Waals surface area contributed by atoms with E-state index < -0.39 is 0 Å². The summed E-state index contributed by atoms with van der Waals surface area (Å²) in [6, 6.07) is 15.5. The minimum Gasteiger partial charge on any atom is -0.350 e. The number of hydrogen-bond acceptors (Lipinski definition) is 3. The van der Waals surface area contributed by atoms with E-state index in [1.807, 2.05) is 0 Å². The Bertz CT molecular complexity index is 887. The number of benzene rings is 2. The van der Waals surface area contributed by atoms with Crippen LogP contribution in [0, 0.1) is 0 Å². The number of quaternary nitrogens is 1. The van der Waals surface area contributed by atoms with Crippen LogP contribution in [-0.4, -0.2) is 49.8 Å². The molecular weight excluding hydrogens is 378 g/mol. The second-order valence-electron chi connectivity index (χ2n) is 7.94. The van der Waals surface area contributed by atoms with Gasteiger partial charge in [0.1, 0.15) is 6.04 Å². The molecule has 158 valence electrons. The Morgan fingerprint density at radius 2 is 1.60 bits per heavy atom. The molecule has 2 aromatic carbocycles. The first-order valence-corrected chi connectivity index (χ1v) is 10.5. The van der Waals surface area contributed by atoms with Crippen molar-refractivity contribution in [2.75, 3.05) is 27.2 Å². The average Bonchev–Trinajstić information content (AvgIpc) is 2.99. The number of nitrogens with one attached hydrogen (secondary N) is 2. The molecule has 0 bridgehead atoms. The zero-order valence-electron chi connectivity index (χ0n) is 17.9. The molecule has 0 aromatic heterocycles. The van der Waals surface area contributed by atoms with E-state index in [0.717, 1.165) is 6.42 Å². The first-order chi connectivity index (χ1) is 14.4. The molecule has 2 N–H and O–H groups in total. The highest BCUT2D eigenvalue weighted by atomic mass is 16.2. The maximum atomic E-state index is 12.4. The number of rotatable bonds is 9. The zero-order chi connectivity index (χ0) is 21.7. The summed E-state index contributed by atoms with van der Waals surface area (Å²) in [6.07, 6.45) is 1.73. The zero-order valence-corrected chi connectivity index (χ0v) is 17.9. The standard InChI is InChI=1S/C24H29N3O3/c1-4-17-11-13-18(14-12-17)21(26(2)3)16-25-22(28)10-7-15-27-23(29)19-8-5-6-9-20(19)24(27)30/h5-6,8-9,11-14,21H,4,7,10,15-16H2,1-3H3,(H,25,28)/p+1/t21-/m0/s1. The summed E-state index contributed by atoms with van der Waals surface area (Å²) >= 11 is 0. The van der Waals surface area contributed by atoms with Crippen LogP contribution in [0.25, 0.3) is 0 Å². The molecule has 6 nitrogen and oxygen atoms in total. The second kappa shape index (κ2) is 9.67. The lowest BCUT2D eigenvalue weighted by molar-refractivity contribution is -0.890. The van der Waals surface area contributed by atoms with Gasteiger partial charge in [0.25, 0.3) is 11.8 Å². The lowest BCUT2D eigenvalue weighted by Gasteiger charge is -2.22. The van der Waals surface area contributed by atoms with E-state index in [0.29, 0.717) is 24.1 Å². The Kier molecular flexibility index (Phi) is 7.00. The van der Waals surface area contributed by atoms with Gasteiger partial charge in [-0.3, -0.25) is 19.3 Å². The van der Waals surface area contributed by atoms with Gasteiger partial charge in [-0.05, 0) is 30.5 Å². The largest absolute Gasteiger partial charge is 0.350 e. The fraction of sp³-hybridized carbons (Fsp3) is 0.375. The fourth-order valence-corrected chi connectivity index (χ4v) is 3.79. The summed E-state index contributed by atoms with van der Waals surface area (Å²) in [5.41, 5.74) is 3.37. The molecule has 1 aliphatic heterocycles. The van der Waals surface area contributed by atoms with Crippen LogP contribution in [0.15, 0.2) is 48.5 Å². The van der Waals surface area contributed by atoms with Crippen molar-refractivity contribution in [2.45, 2.75) is 32.2 Å². The van der Waals surface area contributed by atoms with E-state index in [1.165, 1.54) is 20.9 Å². The highest BCUT2D eigenvalue weighted by Crippen LogP contribution is 2.22. The number of nitrogens with zero attached hydrogens (tertiary/aromatic N) is 1. The van der Waals surface area contributed by atoms with Gasteiger partial charge >= 0.3 is 0 Å². The lowest BCUT2D eigenvalue weighted by Crippen LogP contribution is -3.07. The van der Waals surface area contributed by atoms with Crippen LogP contribution < -0.4 is 10.2 Å². The van der Waals surface area contributed by atoms with Gasteiger partial charge in [-0.1, -0.05) is 43.3 Å². The average molecular weight is 409 g/mol. The number of likely N-dealkylation sites (N-methyl/N-ethyl adjacent to an activating group) is 1. The molecule has 1 heterocycles. The third-order valence-electron chi connectivity index (χ3n) is 5.65. The summed E-state index contributed by atoms with van der Waals surface area (Å²) in [4.78, 5) is 39.6. The summed E-state index contributed by atoms with van der Waals surface area (Å²) in [5, 5.41) is 3.01. The molecule has 0 saturated heterocycles. The number of carbonyl (C=O) groups is 3. The molecule has 0 fully saturated rings. The maximum Gasteiger partial charge on any atom is 0.261 e. The van der Waals surface area contributed by atoms with Crippen molar-refractivity contribution in [1.82, 2.24) is 10.2 Å². The van der Waals surface area contributed by atoms with E-state index in [1.54, 1.807) is 24.3 Å². The molecule has 0 saturated carbocycles. The lowest BCUT2D eigenvalue weighted by atomic mass is 10.0. The molecule has 2 aromatic rings. The number of fused-ring (bicyclic) bond motifs is 1. The number of imide groups is 1. The van der Waals surface area contributed by atoms with Crippen molar-refractivity contribution < 1.29 is 19.3 Å². The Balaban J connectivity index is 1.48. The minimum atomic E-state index is -0.275. The van der Waals surface area contributed by atoms with Gasteiger partial charge in [0.15, 0.2) is 0 Å². The van der Waals surface area contributed by atoms with Gasteiger partial charge in [-0.25, -0.2) is 0 Å². The topological polar surface area (TPSA) is 70.9 Å². The van der Waals surface area contributed by atoms with Crippen LogP contribution >= 0.6 is 0 Å². The Labute approximate surface area is 177 Å². The van der Waals surface area contributed by atoms with Gasteiger partial charge in [0.2, 0.25) is 5.91 Å². The van der Waals surface area contributed by atoms with Gasteiger partial charge in [0.05, 0.1) is 31.8 Å². The summed E-state index contributed by atoms with van der Waals surface area (Å²) in [6.45, 7) is 2.92.